The molecule has 3 aliphatic heterocycles. The highest BCUT2D eigenvalue weighted by molar-refractivity contribution is 6.55. The van der Waals surface area contributed by atoms with E-state index in [1.54, 1.807) is 12.1 Å². The predicted molar refractivity (Wildman–Crippen MR) is 143 cm³/mol. The lowest BCUT2D eigenvalue weighted by Crippen LogP contribution is -2.44. The smallest absolute Gasteiger partial charge is 0.215 e. The Morgan fingerprint density at radius 2 is 1.37 bits per heavy atom. The minimum absolute atomic E-state index is 0.0437. The number of aromatic amines is 1. The molecule has 6 rings (SSSR count). The average molecular weight is 515 g/mol. The predicted octanol–water partition coefficient (Wildman–Crippen LogP) is 6.06. The Labute approximate surface area is 222 Å². The fourth-order valence-corrected chi connectivity index (χ4v) is 6.67. The fraction of sp³-hybridized carbons (Fsp3) is 0.467. The lowest BCUT2D eigenvalue weighted by atomic mass is 9.89. The molecule has 8 heteroatoms. The van der Waals surface area contributed by atoms with Gasteiger partial charge in [-0.25, -0.2) is 4.99 Å². The molecule has 38 heavy (non-hydrogen) atoms. The van der Waals surface area contributed by atoms with Crippen LogP contribution in [0.3, 0.4) is 0 Å². The third-order valence-corrected chi connectivity index (χ3v) is 9.38. The number of aromatic nitrogens is 1. The number of hydrogen-bond donors (Lipinski definition) is 2. The molecule has 2 N–H and O–H groups in total. The summed E-state index contributed by atoms with van der Waals surface area (Å²) in [4.78, 5) is 21.2. The molecule has 2 aromatic carbocycles. The van der Waals surface area contributed by atoms with Crippen molar-refractivity contribution in [3.8, 4) is 5.75 Å². The molecule has 0 spiro atoms. The van der Waals surface area contributed by atoms with Crippen molar-refractivity contribution in [3.63, 3.8) is 0 Å². The highest BCUT2D eigenvalue weighted by Gasteiger charge is 2.50. The molecule has 0 bridgehead atoms. The molecule has 0 amide bonds. The molecule has 0 aliphatic carbocycles. The monoisotopic (exact) mass is 514 g/mol. The van der Waals surface area contributed by atoms with Crippen LogP contribution in [0, 0.1) is 0 Å². The van der Waals surface area contributed by atoms with E-state index in [2.05, 4.69) is 9.98 Å². The van der Waals surface area contributed by atoms with Gasteiger partial charge in [0.1, 0.15) is 11.4 Å². The Kier molecular flexibility index (Phi) is 5.15. The number of hydrogen-bond acceptors (Lipinski definition) is 5. The van der Waals surface area contributed by atoms with Crippen LogP contribution < -0.4 is 0 Å². The third-order valence-electron chi connectivity index (χ3n) is 9.38. The second kappa shape index (κ2) is 7.76. The van der Waals surface area contributed by atoms with Crippen molar-refractivity contribution in [3.05, 3.63) is 58.8 Å². The van der Waals surface area contributed by atoms with Gasteiger partial charge in [0.2, 0.25) is 5.78 Å². The van der Waals surface area contributed by atoms with Crippen molar-refractivity contribution >= 4 is 28.1 Å². The van der Waals surface area contributed by atoms with Gasteiger partial charge in [0, 0.05) is 22.0 Å². The van der Waals surface area contributed by atoms with Crippen LogP contribution in [0.1, 0.15) is 94.4 Å². The first-order valence-electron chi connectivity index (χ1n) is 13.3. The van der Waals surface area contributed by atoms with Gasteiger partial charge < -0.3 is 10.1 Å². The Morgan fingerprint density at radius 1 is 0.816 bits per heavy atom. The molecule has 4 heterocycles. The van der Waals surface area contributed by atoms with Crippen LogP contribution in [0.25, 0.3) is 10.9 Å². The number of ketones is 1. The molecule has 8 nitrogen and oxygen atoms in total. The molecule has 1 aromatic heterocycles. The number of benzene rings is 2. The van der Waals surface area contributed by atoms with Crippen molar-refractivity contribution < 1.29 is 20.3 Å². The van der Waals surface area contributed by atoms with E-state index in [9.17, 15) is 20.3 Å². The van der Waals surface area contributed by atoms with Gasteiger partial charge in [-0.15, -0.1) is 20.5 Å². The van der Waals surface area contributed by atoms with Crippen LogP contribution >= 0.6 is 0 Å². The molecule has 198 valence electrons. The first-order chi connectivity index (χ1) is 17.7. The molecule has 2 atom stereocenters. The van der Waals surface area contributed by atoms with Crippen LogP contribution in [0.4, 0.5) is 5.69 Å². The Bertz CT molecular complexity index is 1540. The summed E-state index contributed by atoms with van der Waals surface area (Å²) in [5.74, 6) is -0.322. The van der Waals surface area contributed by atoms with Gasteiger partial charge >= 0.3 is 0 Å². The maximum atomic E-state index is 13.4. The van der Waals surface area contributed by atoms with Gasteiger partial charge in [0.05, 0.1) is 22.3 Å². The SMILES string of the molecule is CC1(C)CCC(C)(c2ccc3c(c2)N=C(c2[nH]c4cc(C5(C)CCC(C)(C)N5[O])ccc4c2O)C3=O)N1[O]. The molecule has 2 radical (unpaired) electrons. The molecule has 2 unspecified atom stereocenters. The van der Waals surface area contributed by atoms with E-state index in [-0.39, 0.29) is 22.9 Å². The van der Waals surface area contributed by atoms with Gasteiger partial charge in [-0.05, 0) is 103 Å². The maximum Gasteiger partial charge on any atom is 0.215 e. The zero-order chi connectivity index (χ0) is 27.4. The first kappa shape index (κ1) is 25.2. The van der Waals surface area contributed by atoms with Crippen LogP contribution in [0.2, 0.25) is 0 Å². The Hall–Kier alpha value is -3.04. The van der Waals surface area contributed by atoms with Crippen LogP contribution in [-0.2, 0) is 21.5 Å². The quantitative estimate of drug-likeness (QED) is 0.442. The van der Waals surface area contributed by atoms with Crippen molar-refractivity contribution in [2.45, 2.75) is 89.4 Å². The minimum Gasteiger partial charge on any atom is -0.505 e. The maximum absolute atomic E-state index is 13.4. The largest absolute Gasteiger partial charge is 0.505 e. The van der Waals surface area contributed by atoms with Crippen LogP contribution in [0.15, 0.2) is 41.4 Å². The van der Waals surface area contributed by atoms with Crippen molar-refractivity contribution in [1.82, 2.24) is 15.1 Å². The normalized spacial score (nSPS) is 28.8. The lowest BCUT2D eigenvalue weighted by molar-refractivity contribution is -0.252. The zero-order valence-electron chi connectivity index (χ0n) is 22.8. The minimum atomic E-state index is -0.695. The van der Waals surface area contributed by atoms with E-state index >= 15 is 0 Å². The molecule has 3 aliphatic rings. The van der Waals surface area contributed by atoms with E-state index in [4.69, 9.17) is 0 Å². The van der Waals surface area contributed by atoms with Gasteiger partial charge in [-0.3, -0.25) is 4.79 Å². The van der Waals surface area contributed by atoms with E-state index < -0.39 is 22.2 Å². The summed E-state index contributed by atoms with van der Waals surface area (Å²) in [5, 5.41) is 40.2. The number of Topliss-reactive ketones (excluding diaryl/α,β-unsaturated/α-hetero) is 1. The number of nitrogens with zero attached hydrogens (tertiary/aromatic N) is 3. The first-order valence-corrected chi connectivity index (χ1v) is 13.3. The van der Waals surface area contributed by atoms with Crippen molar-refractivity contribution in [1.29, 1.82) is 0 Å². The number of H-pyrrole nitrogens is 1. The highest BCUT2D eigenvalue weighted by atomic mass is 16.5. The third kappa shape index (κ3) is 3.30. The topological polar surface area (TPSA) is 112 Å². The number of rotatable bonds is 3. The highest BCUT2D eigenvalue weighted by Crippen LogP contribution is 2.49. The number of aromatic hydroxyl groups is 1. The molecule has 0 saturated carbocycles. The molecule has 2 fully saturated rings. The number of carbonyl (C=O) groups is 1. The second-order valence-electron chi connectivity index (χ2n) is 12.9. The number of carbonyl (C=O) groups excluding carboxylic acids is 1. The number of nitrogens with one attached hydrogen (secondary N) is 1. The standard InChI is InChI=1S/C30H34N4O4/c1-27(2)11-13-29(5,33(27)37)17-7-9-19-21(15-17)31-23(25(19)35)24-26(36)20-10-8-18(16-22(20)32-24)30(6)14-12-28(3,4)34(30)38/h7-10,15-16,31,35H,11-14H2,1-6H3. The van der Waals surface area contributed by atoms with E-state index in [1.165, 1.54) is 10.1 Å². The Balaban J connectivity index is 1.38. The average Bonchev–Trinajstić information content (AvgIpc) is 3.52. The zero-order valence-corrected chi connectivity index (χ0v) is 22.8. The summed E-state index contributed by atoms with van der Waals surface area (Å²) in [6.07, 6.45) is 3.02. The summed E-state index contributed by atoms with van der Waals surface area (Å²) < 4.78 is 0. The van der Waals surface area contributed by atoms with Gasteiger partial charge in [0.25, 0.3) is 0 Å². The van der Waals surface area contributed by atoms with Crippen LogP contribution in [-0.4, -0.2) is 42.8 Å². The van der Waals surface area contributed by atoms with E-state index in [0.717, 1.165) is 36.8 Å². The van der Waals surface area contributed by atoms with Gasteiger partial charge in [-0.1, -0.05) is 12.1 Å². The fourth-order valence-electron chi connectivity index (χ4n) is 6.67. The lowest BCUT2D eigenvalue weighted by Gasteiger charge is -2.35. The van der Waals surface area contributed by atoms with Crippen molar-refractivity contribution in [2.75, 3.05) is 0 Å². The summed E-state index contributed by atoms with van der Waals surface area (Å²) in [6.45, 7) is 11.7. The summed E-state index contributed by atoms with van der Waals surface area (Å²) in [5.41, 5.74) is 1.41. The number of aliphatic imine (C=N–C) groups is 1. The Morgan fingerprint density at radius 3 is 1.92 bits per heavy atom. The molecular weight excluding hydrogens is 480 g/mol. The summed E-state index contributed by atoms with van der Waals surface area (Å²) in [7, 11) is 0. The number of hydroxylamine groups is 4. The summed E-state index contributed by atoms with van der Waals surface area (Å²) >= 11 is 0. The van der Waals surface area contributed by atoms with Crippen LogP contribution in [0.5, 0.6) is 5.75 Å². The van der Waals surface area contributed by atoms with Gasteiger partial charge in [-0.2, -0.15) is 0 Å². The number of fused-ring (bicyclic) bond motifs is 2. The summed E-state index contributed by atoms with van der Waals surface area (Å²) in [6, 6.07) is 11.0. The van der Waals surface area contributed by atoms with E-state index in [1.807, 2.05) is 65.8 Å². The van der Waals surface area contributed by atoms with Gasteiger partial charge in [0.15, 0.2) is 5.75 Å². The molecule has 2 saturated heterocycles. The molecular formula is C30H34N4O4. The molecule has 3 aromatic rings. The second-order valence-corrected chi connectivity index (χ2v) is 12.9. The van der Waals surface area contributed by atoms with E-state index in [0.29, 0.717) is 22.2 Å². The van der Waals surface area contributed by atoms with Crippen molar-refractivity contribution in [2.24, 2.45) is 4.99 Å².